The minimum absolute atomic E-state index is 0. The number of hydrogen-bond acceptors (Lipinski definition) is 4. The Morgan fingerprint density at radius 1 is 1.07 bits per heavy atom. The van der Waals surface area contributed by atoms with Crippen molar-refractivity contribution in [3.05, 3.63) is 0 Å². The second-order valence-corrected chi connectivity index (χ2v) is 7.81. The van der Waals surface area contributed by atoms with Gasteiger partial charge in [0.25, 0.3) is 0 Å². The second-order valence-electron chi connectivity index (χ2n) is 7.81. The molecule has 28 heavy (non-hydrogen) atoms. The molecule has 1 unspecified atom stereocenters. The first kappa shape index (κ1) is 27.9. The first-order valence-corrected chi connectivity index (χ1v) is 11.2. The maximum absolute atomic E-state index is 5.52. The van der Waals surface area contributed by atoms with Crippen LogP contribution in [0.25, 0.3) is 0 Å². The molecule has 1 saturated heterocycles. The third-order valence-electron chi connectivity index (χ3n) is 5.20. The van der Waals surface area contributed by atoms with Crippen molar-refractivity contribution in [2.75, 3.05) is 65.6 Å². The molecule has 0 amide bonds. The molecular weight excluding hydrogens is 465 g/mol. The van der Waals surface area contributed by atoms with Crippen molar-refractivity contribution < 1.29 is 4.74 Å². The summed E-state index contributed by atoms with van der Waals surface area (Å²) in [4.78, 5) is 9.95. The van der Waals surface area contributed by atoms with E-state index in [9.17, 15) is 0 Å². The molecule has 168 valence electrons. The molecule has 0 aromatic rings. The first-order valence-electron chi connectivity index (χ1n) is 11.2. The van der Waals surface area contributed by atoms with Gasteiger partial charge in [-0.3, -0.25) is 9.89 Å². The number of halogens is 1. The van der Waals surface area contributed by atoms with Gasteiger partial charge in [0, 0.05) is 32.2 Å². The Kier molecular flexibility index (Phi) is 17.6. The molecule has 0 spiro atoms. The van der Waals surface area contributed by atoms with Gasteiger partial charge in [-0.05, 0) is 51.7 Å². The van der Waals surface area contributed by atoms with Crippen LogP contribution in [0, 0.1) is 5.92 Å². The monoisotopic (exact) mass is 511 g/mol. The summed E-state index contributed by atoms with van der Waals surface area (Å²) in [5.74, 6) is 1.64. The Morgan fingerprint density at radius 3 is 2.32 bits per heavy atom. The average Bonchev–Trinajstić information content (AvgIpc) is 2.68. The summed E-state index contributed by atoms with van der Waals surface area (Å²) >= 11 is 0. The highest BCUT2D eigenvalue weighted by molar-refractivity contribution is 14.0. The molecule has 0 bridgehead atoms. The van der Waals surface area contributed by atoms with Gasteiger partial charge in [-0.15, -0.1) is 24.0 Å². The number of aliphatic imine (C=N–C) groups is 1. The molecule has 0 aromatic heterocycles. The molecule has 0 aromatic carbocycles. The van der Waals surface area contributed by atoms with E-state index < -0.39 is 0 Å². The van der Waals surface area contributed by atoms with E-state index in [1.165, 1.54) is 25.8 Å². The highest BCUT2D eigenvalue weighted by Gasteiger charge is 2.21. The highest BCUT2D eigenvalue weighted by Crippen LogP contribution is 2.14. The molecule has 1 aliphatic rings. The fourth-order valence-electron chi connectivity index (χ4n) is 3.57. The Labute approximate surface area is 191 Å². The molecule has 6 nitrogen and oxygen atoms in total. The fraction of sp³-hybridized carbons (Fsp3) is 0.952. The topological polar surface area (TPSA) is 52.1 Å². The Bertz CT molecular complexity index is 385. The fourth-order valence-corrected chi connectivity index (χ4v) is 3.57. The van der Waals surface area contributed by atoms with E-state index in [1.54, 1.807) is 0 Å². The van der Waals surface area contributed by atoms with Crippen LogP contribution in [-0.2, 0) is 4.74 Å². The quantitative estimate of drug-likeness (QED) is 0.172. The zero-order valence-electron chi connectivity index (χ0n) is 19.0. The third-order valence-corrected chi connectivity index (χ3v) is 5.20. The van der Waals surface area contributed by atoms with Crippen molar-refractivity contribution in [1.29, 1.82) is 0 Å². The number of nitrogens with zero attached hydrogens (tertiary/aromatic N) is 3. The van der Waals surface area contributed by atoms with Gasteiger partial charge in [-0.2, -0.15) is 0 Å². The van der Waals surface area contributed by atoms with Gasteiger partial charge in [0.05, 0.1) is 19.8 Å². The van der Waals surface area contributed by atoms with Crippen LogP contribution in [0.2, 0.25) is 0 Å². The van der Waals surface area contributed by atoms with E-state index in [2.05, 4.69) is 55.1 Å². The van der Waals surface area contributed by atoms with E-state index in [4.69, 9.17) is 9.73 Å². The van der Waals surface area contributed by atoms with Gasteiger partial charge in [0.1, 0.15) is 0 Å². The Morgan fingerprint density at radius 2 is 1.75 bits per heavy atom. The molecule has 7 heteroatoms. The smallest absolute Gasteiger partial charge is 0.191 e. The summed E-state index contributed by atoms with van der Waals surface area (Å²) in [6.45, 7) is 21.2. The molecular formula is C21H46IN5O. The SMILES string of the molecule is CCNC(=NCC(CC(C)C)N1CCOCC1)NCCCCN(CC)CC.I. The van der Waals surface area contributed by atoms with Crippen molar-refractivity contribution in [2.45, 2.75) is 59.9 Å². The number of hydrogen-bond donors (Lipinski definition) is 2. The van der Waals surface area contributed by atoms with Crippen molar-refractivity contribution in [3.8, 4) is 0 Å². The minimum Gasteiger partial charge on any atom is -0.379 e. The Hall–Kier alpha value is -0.120. The minimum atomic E-state index is 0. The molecule has 0 aliphatic carbocycles. The van der Waals surface area contributed by atoms with Crippen LogP contribution in [0.4, 0.5) is 0 Å². The standard InChI is InChI=1S/C21H45N5O.HI/c1-6-22-21(23-11-9-10-12-25(7-2)8-3)24-18-20(17-19(4)5)26-13-15-27-16-14-26;/h19-20H,6-18H2,1-5H3,(H2,22,23,24);1H. The highest BCUT2D eigenvalue weighted by atomic mass is 127. The summed E-state index contributed by atoms with van der Waals surface area (Å²) < 4.78 is 5.52. The van der Waals surface area contributed by atoms with Gasteiger partial charge >= 0.3 is 0 Å². The summed E-state index contributed by atoms with van der Waals surface area (Å²) in [6.07, 6.45) is 3.60. The molecule has 1 rings (SSSR count). The molecule has 1 atom stereocenters. The molecule has 0 saturated carbocycles. The lowest BCUT2D eigenvalue weighted by Crippen LogP contribution is -2.46. The van der Waals surface area contributed by atoms with E-state index >= 15 is 0 Å². The predicted octanol–water partition coefficient (Wildman–Crippen LogP) is 3.03. The van der Waals surface area contributed by atoms with E-state index in [0.29, 0.717) is 12.0 Å². The largest absolute Gasteiger partial charge is 0.379 e. The van der Waals surface area contributed by atoms with Crippen LogP contribution in [0.15, 0.2) is 4.99 Å². The lowest BCUT2D eigenvalue weighted by molar-refractivity contribution is 0.0143. The number of nitrogens with one attached hydrogen (secondary N) is 2. The van der Waals surface area contributed by atoms with Crippen LogP contribution in [-0.4, -0.2) is 87.4 Å². The van der Waals surface area contributed by atoms with Crippen molar-refractivity contribution in [3.63, 3.8) is 0 Å². The normalized spacial score (nSPS) is 16.9. The zero-order chi connectivity index (χ0) is 19.9. The van der Waals surface area contributed by atoms with Crippen LogP contribution in [0.5, 0.6) is 0 Å². The third kappa shape index (κ3) is 12.4. The van der Waals surface area contributed by atoms with Crippen molar-refractivity contribution in [1.82, 2.24) is 20.4 Å². The van der Waals surface area contributed by atoms with Gasteiger partial charge in [-0.25, -0.2) is 0 Å². The summed E-state index contributed by atoms with van der Waals surface area (Å²) in [5, 5.41) is 6.92. The van der Waals surface area contributed by atoms with Gasteiger partial charge < -0.3 is 20.3 Å². The summed E-state index contributed by atoms with van der Waals surface area (Å²) in [6, 6.07) is 0.507. The van der Waals surface area contributed by atoms with Crippen molar-refractivity contribution >= 4 is 29.9 Å². The lowest BCUT2D eigenvalue weighted by Gasteiger charge is -2.34. The van der Waals surface area contributed by atoms with Gasteiger partial charge in [0.2, 0.25) is 0 Å². The van der Waals surface area contributed by atoms with E-state index in [1.807, 2.05) is 0 Å². The molecule has 1 aliphatic heterocycles. The molecule has 1 heterocycles. The average molecular weight is 512 g/mol. The summed E-state index contributed by atoms with van der Waals surface area (Å²) in [7, 11) is 0. The van der Waals surface area contributed by atoms with Crippen LogP contribution < -0.4 is 10.6 Å². The molecule has 2 N–H and O–H groups in total. The van der Waals surface area contributed by atoms with Crippen LogP contribution in [0.3, 0.4) is 0 Å². The summed E-state index contributed by atoms with van der Waals surface area (Å²) in [5.41, 5.74) is 0. The van der Waals surface area contributed by atoms with E-state index in [-0.39, 0.29) is 24.0 Å². The number of rotatable bonds is 13. The van der Waals surface area contributed by atoms with Crippen LogP contribution in [0.1, 0.15) is 53.9 Å². The maximum atomic E-state index is 5.52. The van der Waals surface area contributed by atoms with E-state index in [0.717, 1.165) is 65.0 Å². The number of guanidine groups is 1. The number of ether oxygens (including phenoxy) is 1. The zero-order valence-corrected chi connectivity index (χ0v) is 21.3. The van der Waals surface area contributed by atoms with Crippen LogP contribution >= 0.6 is 24.0 Å². The van der Waals surface area contributed by atoms with Gasteiger partial charge in [0.15, 0.2) is 5.96 Å². The molecule has 1 fully saturated rings. The Balaban J connectivity index is 0.00000729. The second kappa shape index (κ2) is 17.7. The molecule has 0 radical (unpaired) electrons. The van der Waals surface area contributed by atoms with Crippen molar-refractivity contribution in [2.24, 2.45) is 10.9 Å². The lowest BCUT2D eigenvalue weighted by atomic mass is 10.0. The predicted molar refractivity (Wildman–Crippen MR) is 132 cm³/mol. The maximum Gasteiger partial charge on any atom is 0.191 e. The first-order chi connectivity index (χ1) is 13.1. The number of morpholine rings is 1. The van der Waals surface area contributed by atoms with Gasteiger partial charge in [-0.1, -0.05) is 27.7 Å². The number of unbranched alkanes of at least 4 members (excludes halogenated alkanes) is 1.